The van der Waals surface area contributed by atoms with Crippen LogP contribution in [0.2, 0.25) is 0 Å². The third-order valence-corrected chi connectivity index (χ3v) is 4.43. The maximum Gasteiger partial charge on any atom is 0.271 e. The number of rotatable bonds is 3. The summed E-state index contributed by atoms with van der Waals surface area (Å²) in [6.45, 7) is 0. The number of nitrogens with two attached hydrogens (primary N) is 1. The summed E-state index contributed by atoms with van der Waals surface area (Å²) in [5.74, 6) is 5.49. The van der Waals surface area contributed by atoms with Gasteiger partial charge in [-0.1, -0.05) is 37.2 Å². The average Bonchev–Trinajstić information content (AvgIpc) is 2.68. The van der Waals surface area contributed by atoms with E-state index in [0.29, 0.717) is 16.8 Å². The molecule has 6 nitrogen and oxygen atoms in total. The number of aromatic nitrogens is 2. The van der Waals surface area contributed by atoms with E-state index in [1.165, 1.54) is 6.20 Å². The minimum absolute atomic E-state index is 0.231. The van der Waals surface area contributed by atoms with Crippen molar-refractivity contribution in [2.75, 3.05) is 0 Å². The number of nitrogens with one attached hydrogen (secondary N) is 1. The second-order valence-corrected chi connectivity index (χ2v) is 6.39. The molecule has 1 saturated carbocycles. The lowest BCUT2D eigenvalue weighted by molar-refractivity contribution is 0.0898. The lowest BCUT2D eigenvalue weighted by Crippen LogP contribution is -2.49. The van der Waals surface area contributed by atoms with Crippen LogP contribution in [0.1, 0.15) is 58.5 Å². The average molecular weight is 348 g/mol. The molecule has 132 valence electrons. The molecule has 0 aliphatic heterocycles. The molecule has 0 unspecified atom stereocenters. The summed E-state index contributed by atoms with van der Waals surface area (Å²) >= 11 is 0. The fourth-order valence-electron chi connectivity index (χ4n) is 3.05. The fraction of sp³-hybridized carbons (Fsp3) is 0.300. The molecule has 0 aromatic carbocycles. The molecule has 3 rings (SSSR count). The van der Waals surface area contributed by atoms with Crippen LogP contribution in [0.15, 0.2) is 42.9 Å². The number of pyridine rings is 2. The van der Waals surface area contributed by atoms with Gasteiger partial charge in [-0.15, -0.1) is 0 Å². The van der Waals surface area contributed by atoms with E-state index in [1.54, 1.807) is 36.7 Å². The molecule has 3 N–H and O–H groups in total. The van der Waals surface area contributed by atoms with Crippen LogP contribution in [-0.4, -0.2) is 27.3 Å². The van der Waals surface area contributed by atoms with Gasteiger partial charge < -0.3 is 11.1 Å². The summed E-state index contributed by atoms with van der Waals surface area (Å²) in [7, 11) is 0. The van der Waals surface area contributed by atoms with Gasteiger partial charge in [0, 0.05) is 24.2 Å². The lowest BCUT2D eigenvalue weighted by atomic mass is 9.82. The Hall–Kier alpha value is -3.20. The zero-order chi connectivity index (χ0) is 18.4. The van der Waals surface area contributed by atoms with E-state index in [4.69, 9.17) is 5.73 Å². The van der Waals surface area contributed by atoms with Crippen LogP contribution >= 0.6 is 0 Å². The largest absolute Gasteiger partial charge is 0.366 e. The highest BCUT2D eigenvalue weighted by molar-refractivity contribution is 5.93. The first-order chi connectivity index (χ1) is 12.6. The number of primary amides is 1. The van der Waals surface area contributed by atoms with Crippen LogP contribution in [0.3, 0.4) is 0 Å². The van der Waals surface area contributed by atoms with Crippen LogP contribution in [0.5, 0.6) is 0 Å². The van der Waals surface area contributed by atoms with Crippen LogP contribution < -0.4 is 11.1 Å². The van der Waals surface area contributed by atoms with Gasteiger partial charge in [-0.25, -0.2) is 0 Å². The lowest BCUT2D eigenvalue weighted by Gasteiger charge is -2.33. The summed E-state index contributed by atoms with van der Waals surface area (Å²) in [6.07, 6.45) is 9.26. The quantitative estimate of drug-likeness (QED) is 0.830. The molecule has 0 spiro atoms. The minimum Gasteiger partial charge on any atom is -0.366 e. The van der Waals surface area contributed by atoms with E-state index in [1.807, 2.05) is 0 Å². The van der Waals surface area contributed by atoms with Gasteiger partial charge in [0.1, 0.15) is 11.2 Å². The summed E-state index contributed by atoms with van der Waals surface area (Å²) in [5.41, 5.74) is 5.96. The SMILES string of the molecule is NC(=O)c1cncc(C#CC2(NC(=O)c3ccccn3)CCCCC2)c1. The third-order valence-electron chi connectivity index (χ3n) is 4.43. The topological polar surface area (TPSA) is 98.0 Å². The van der Waals surface area contributed by atoms with Crippen LogP contribution in [0.25, 0.3) is 0 Å². The number of amides is 2. The van der Waals surface area contributed by atoms with E-state index in [0.717, 1.165) is 32.1 Å². The fourth-order valence-corrected chi connectivity index (χ4v) is 3.05. The van der Waals surface area contributed by atoms with Crippen molar-refractivity contribution in [3.05, 3.63) is 59.7 Å². The Morgan fingerprint density at radius 3 is 2.65 bits per heavy atom. The van der Waals surface area contributed by atoms with E-state index < -0.39 is 11.4 Å². The molecule has 2 aromatic rings. The highest BCUT2D eigenvalue weighted by Gasteiger charge is 2.32. The Morgan fingerprint density at radius 2 is 1.96 bits per heavy atom. The second-order valence-electron chi connectivity index (χ2n) is 6.39. The maximum atomic E-state index is 12.6. The Morgan fingerprint density at radius 1 is 1.15 bits per heavy atom. The van der Waals surface area contributed by atoms with Gasteiger partial charge in [0.05, 0.1) is 5.56 Å². The first kappa shape index (κ1) is 17.6. The van der Waals surface area contributed by atoms with Crippen molar-refractivity contribution in [2.24, 2.45) is 5.73 Å². The molecule has 0 bridgehead atoms. The van der Waals surface area contributed by atoms with Crippen LogP contribution in [0, 0.1) is 11.8 Å². The monoisotopic (exact) mass is 348 g/mol. The van der Waals surface area contributed by atoms with E-state index >= 15 is 0 Å². The number of carbonyl (C=O) groups is 2. The van der Waals surface area contributed by atoms with Gasteiger partial charge in [-0.2, -0.15) is 0 Å². The second kappa shape index (κ2) is 7.79. The van der Waals surface area contributed by atoms with Crippen LogP contribution in [-0.2, 0) is 0 Å². The molecular weight excluding hydrogens is 328 g/mol. The van der Waals surface area contributed by atoms with Crippen molar-refractivity contribution in [3.63, 3.8) is 0 Å². The summed E-state index contributed by atoms with van der Waals surface area (Å²) in [4.78, 5) is 32.0. The number of hydrogen-bond acceptors (Lipinski definition) is 4. The zero-order valence-electron chi connectivity index (χ0n) is 14.4. The van der Waals surface area contributed by atoms with E-state index in [-0.39, 0.29) is 5.91 Å². The highest BCUT2D eigenvalue weighted by atomic mass is 16.2. The van der Waals surface area contributed by atoms with Gasteiger partial charge in [0.25, 0.3) is 5.91 Å². The van der Waals surface area contributed by atoms with E-state index in [9.17, 15) is 9.59 Å². The van der Waals surface area contributed by atoms with Crippen molar-refractivity contribution >= 4 is 11.8 Å². The smallest absolute Gasteiger partial charge is 0.271 e. The predicted molar refractivity (Wildman–Crippen MR) is 97.2 cm³/mol. The van der Waals surface area contributed by atoms with Gasteiger partial charge in [-0.3, -0.25) is 19.6 Å². The molecule has 26 heavy (non-hydrogen) atoms. The number of hydrogen-bond donors (Lipinski definition) is 2. The van der Waals surface area contributed by atoms with Crippen molar-refractivity contribution in [3.8, 4) is 11.8 Å². The molecule has 0 atom stereocenters. The molecule has 2 amide bonds. The Kier molecular flexibility index (Phi) is 5.28. The van der Waals surface area contributed by atoms with Crippen molar-refractivity contribution in [1.82, 2.24) is 15.3 Å². The molecular formula is C20H20N4O2. The van der Waals surface area contributed by atoms with Gasteiger partial charge in [0.2, 0.25) is 5.91 Å². The van der Waals surface area contributed by atoms with Gasteiger partial charge in [-0.05, 0) is 31.0 Å². The molecule has 6 heteroatoms. The summed E-state index contributed by atoms with van der Waals surface area (Å²) in [5, 5.41) is 3.07. The Bertz CT molecular complexity index is 862. The summed E-state index contributed by atoms with van der Waals surface area (Å²) < 4.78 is 0. The van der Waals surface area contributed by atoms with Crippen molar-refractivity contribution in [1.29, 1.82) is 0 Å². The molecule has 2 heterocycles. The Labute approximate surface area is 152 Å². The molecule has 1 fully saturated rings. The van der Waals surface area contributed by atoms with Gasteiger partial charge in [0.15, 0.2) is 0 Å². The first-order valence-electron chi connectivity index (χ1n) is 8.60. The third kappa shape index (κ3) is 4.25. The molecule has 0 radical (unpaired) electrons. The first-order valence-corrected chi connectivity index (χ1v) is 8.60. The van der Waals surface area contributed by atoms with Crippen molar-refractivity contribution < 1.29 is 9.59 Å². The molecule has 0 saturated heterocycles. The zero-order valence-corrected chi connectivity index (χ0v) is 14.4. The number of carbonyl (C=O) groups excluding carboxylic acids is 2. The molecule has 1 aliphatic rings. The standard InChI is InChI=1S/C20H20N4O2/c21-18(25)16-12-15(13-22-14-16)7-10-20(8-3-1-4-9-20)24-19(26)17-6-2-5-11-23-17/h2,5-6,11-14H,1,3-4,8-9H2,(H2,21,25)(H,24,26). The minimum atomic E-state index is -0.602. The van der Waals surface area contributed by atoms with Crippen LogP contribution in [0.4, 0.5) is 0 Å². The van der Waals surface area contributed by atoms with E-state index in [2.05, 4.69) is 27.1 Å². The maximum absolute atomic E-state index is 12.6. The predicted octanol–water partition coefficient (Wildman–Crippen LogP) is 2.06. The Balaban J connectivity index is 1.86. The van der Waals surface area contributed by atoms with Gasteiger partial charge >= 0.3 is 0 Å². The molecule has 2 aromatic heterocycles. The number of nitrogens with zero attached hydrogens (tertiary/aromatic N) is 2. The highest BCUT2D eigenvalue weighted by Crippen LogP contribution is 2.28. The molecule has 1 aliphatic carbocycles. The van der Waals surface area contributed by atoms with Crippen molar-refractivity contribution in [2.45, 2.75) is 37.6 Å². The summed E-state index contributed by atoms with van der Waals surface area (Å²) in [6, 6.07) is 6.84. The normalized spacial score (nSPS) is 15.4.